The Kier molecular flexibility index (Phi) is 3.13. The van der Waals surface area contributed by atoms with Gasteiger partial charge in [-0.1, -0.05) is 6.07 Å². The first-order chi connectivity index (χ1) is 8.38. The smallest absolute Gasteiger partial charge is 0.328 e. The molecule has 2 N–H and O–H groups in total. The van der Waals surface area contributed by atoms with Crippen molar-refractivity contribution in [2.45, 2.75) is 32.0 Å². The van der Waals surface area contributed by atoms with E-state index in [1.165, 1.54) is 6.08 Å². The second-order valence-corrected chi connectivity index (χ2v) is 4.96. The van der Waals surface area contributed by atoms with Crippen LogP contribution >= 0.6 is 0 Å². The second-order valence-electron chi connectivity index (χ2n) is 4.96. The van der Waals surface area contributed by atoms with Crippen molar-refractivity contribution in [2.75, 3.05) is 0 Å². The normalized spacial score (nSPS) is 21.4. The lowest BCUT2D eigenvalue weighted by Gasteiger charge is -2.37. The number of benzene rings is 1. The zero-order chi connectivity index (χ0) is 13.3. The van der Waals surface area contributed by atoms with Crippen LogP contribution < -0.4 is 4.74 Å². The molecule has 0 bridgehead atoms. The number of aliphatic hydroxyl groups excluding tert-OH is 1. The number of ether oxygens (including phenoxy) is 1. The summed E-state index contributed by atoms with van der Waals surface area (Å²) in [7, 11) is 0. The molecule has 18 heavy (non-hydrogen) atoms. The number of carboxylic acids is 1. The highest BCUT2D eigenvalue weighted by atomic mass is 16.5. The summed E-state index contributed by atoms with van der Waals surface area (Å²) in [6.45, 7) is 3.69. The van der Waals surface area contributed by atoms with Crippen LogP contribution in [0.5, 0.6) is 5.75 Å². The minimum atomic E-state index is -0.981. The highest BCUT2D eigenvalue weighted by Crippen LogP contribution is 2.33. The van der Waals surface area contributed by atoms with E-state index in [9.17, 15) is 9.90 Å². The largest absolute Gasteiger partial charge is 0.485 e. The Morgan fingerprint density at radius 2 is 2.22 bits per heavy atom. The fourth-order valence-corrected chi connectivity index (χ4v) is 1.94. The zero-order valence-corrected chi connectivity index (χ0v) is 10.4. The lowest BCUT2D eigenvalue weighted by molar-refractivity contribution is -0.131. The van der Waals surface area contributed by atoms with Crippen LogP contribution in [0.25, 0.3) is 6.08 Å². The van der Waals surface area contributed by atoms with Crippen molar-refractivity contribution in [1.82, 2.24) is 0 Å². The minimum absolute atomic E-state index is 0.511. The molecule has 1 aromatic carbocycles. The van der Waals surface area contributed by atoms with Gasteiger partial charge in [-0.2, -0.15) is 0 Å². The molecule has 0 aromatic heterocycles. The number of aliphatic hydroxyl groups is 1. The molecule has 1 atom stereocenters. The van der Waals surface area contributed by atoms with Crippen molar-refractivity contribution in [3.05, 3.63) is 35.4 Å². The van der Waals surface area contributed by atoms with E-state index in [0.29, 0.717) is 6.42 Å². The Labute approximate surface area is 106 Å². The van der Waals surface area contributed by atoms with Gasteiger partial charge in [0.2, 0.25) is 0 Å². The summed E-state index contributed by atoms with van der Waals surface area (Å²) in [6.07, 6.45) is 2.56. The number of aliphatic carboxylic acids is 1. The highest BCUT2D eigenvalue weighted by molar-refractivity contribution is 5.85. The molecule has 0 spiro atoms. The molecule has 0 amide bonds. The van der Waals surface area contributed by atoms with Gasteiger partial charge < -0.3 is 14.9 Å². The van der Waals surface area contributed by atoms with Crippen LogP contribution in [0, 0.1) is 0 Å². The van der Waals surface area contributed by atoms with Crippen LogP contribution in [0.1, 0.15) is 25.0 Å². The first kappa shape index (κ1) is 12.6. The maximum absolute atomic E-state index is 10.4. The van der Waals surface area contributed by atoms with Gasteiger partial charge >= 0.3 is 5.97 Å². The van der Waals surface area contributed by atoms with Crippen molar-refractivity contribution in [3.63, 3.8) is 0 Å². The van der Waals surface area contributed by atoms with Gasteiger partial charge in [0.25, 0.3) is 0 Å². The van der Waals surface area contributed by atoms with Crippen LogP contribution in [0.3, 0.4) is 0 Å². The summed E-state index contributed by atoms with van der Waals surface area (Å²) in [5.74, 6) is -0.233. The molecule has 1 aromatic rings. The van der Waals surface area contributed by atoms with Crippen LogP contribution in [0.2, 0.25) is 0 Å². The number of hydrogen-bond acceptors (Lipinski definition) is 3. The Morgan fingerprint density at radius 3 is 2.89 bits per heavy atom. The fraction of sp³-hybridized carbons (Fsp3) is 0.357. The molecule has 1 heterocycles. The number of carboxylic acid groups (broad SMARTS) is 1. The molecular formula is C14H16O4. The Hall–Kier alpha value is -1.81. The average molecular weight is 248 g/mol. The van der Waals surface area contributed by atoms with Gasteiger partial charge in [-0.25, -0.2) is 4.79 Å². The zero-order valence-electron chi connectivity index (χ0n) is 10.4. The van der Waals surface area contributed by atoms with E-state index in [-0.39, 0.29) is 0 Å². The Bertz CT molecular complexity index is 503. The van der Waals surface area contributed by atoms with Gasteiger partial charge in [-0.3, -0.25) is 0 Å². The third-order valence-corrected chi connectivity index (χ3v) is 3.09. The molecule has 0 radical (unpaired) electrons. The third kappa shape index (κ3) is 2.54. The van der Waals surface area contributed by atoms with E-state index in [1.54, 1.807) is 6.07 Å². The Balaban J connectivity index is 2.29. The van der Waals surface area contributed by atoms with Crippen molar-refractivity contribution >= 4 is 12.0 Å². The van der Waals surface area contributed by atoms with E-state index in [0.717, 1.165) is 23.0 Å². The van der Waals surface area contributed by atoms with Crippen molar-refractivity contribution in [2.24, 2.45) is 0 Å². The van der Waals surface area contributed by atoms with Crippen molar-refractivity contribution < 1.29 is 19.7 Å². The fourth-order valence-electron chi connectivity index (χ4n) is 1.94. The second kappa shape index (κ2) is 4.46. The van der Waals surface area contributed by atoms with Gasteiger partial charge in [0.1, 0.15) is 11.4 Å². The topological polar surface area (TPSA) is 66.8 Å². The van der Waals surface area contributed by atoms with Crippen LogP contribution in [-0.4, -0.2) is 27.9 Å². The lowest BCUT2D eigenvalue weighted by atomic mass is 9.90. The lowest BCUT2D eigenvalue weighted by Crippen LogP contribution is -2.46. The number of carbonyl (C=O) groups is 1. The van der Waals surface area contributed by atoms with E-state index >= 15 is 0 Å². The number of rotatable bonds is 2. The van der Waals surface area contributed by atoms with E-state index in [1.807, 2.05) is 26.0 Å². The number of hydrogen-bond donors (Lipinski definition) is 2. The predicted molar refractivity (Wildman–Crippen MR) is 67.5 cm³/mol. The summed E-state index contributed by atoms with van der Waals surface area (Å²) < 4.78 is 5.72. The number of fused-ring (bicyclic) bond motifs is 1. The van der Waals surface area contributed by atoms with Gasteiger partial charge in [-0.15, -0.1) is 0 Å². The minimum Gasteiger partial charge on any atom is -0.485 e. The standard InChI is InChI=1S/C14H16O4/c1-14(2)12(15)8-10-7-9(4-6-13(16)17)3-5-11(10)18-14/h3-7,12,15H,8H2,1-2H3,(H,16,17)/b6-4+. The van der Waals surface area contributed by atoms with Gasteiger partial charge in [0.15, 0.2) is 0 Å². The van der Waals surface area contributed by atoms with Gasteiger partial charge in [0, 0.05) is 12.5 Å². The Morgan fingerprint density at radius 1 is 1.50 bits per heavy atom. The maximum Gasteiger partial charge on any atom is 0.328 e. The van der Waals surface area contributed by atoms with Crippen molar-refractivity contribution in [1.29, 1.82) is 0 Å². The highest BCUT2D eigenvalue weighted by Gasteiger charge is 2.35. The van der Waals surface area contributed by atoms with Gasteiger partial charge in [0.05, 0.1) is 6.10 Å². The molecule has 1 aliphatic heterocycles. The molecule has 1 aliphatic rings. The molecule has 0 saturated heterocycles. The SMILES string of the molecule is CC1(C)Oc2ccc(/C=C/C(=O)O)cc2CC1O. The quantitative estimate of drug-likeness (QED) is 0.784. The molecule has 0 fully saturated rings. The van der Waals surface area contributed by atoms with Crippen LogP contribution in [0.4, 0.5) is 0 Å². The summed E-state index contributed by atoms with van der Waals surface area (Å²) in [4.78, 5) is 10.4. The molecule has 0 aliphatic carbocycles. The summed E-state index contributed by atoms with van der Waals surface area (Å²) >= 11 is 0. The summed E-state index contributed by atoms with van der Waals surface area (Å²) in [5, 5.41) is 18.5. The van der Waals surface area contributed by atoms with E-state index in [4.69, 9.17) is 9.84 Å². The molecule has 96 valence electrons. The monoisotopic (exact) mass is 248 g/mol. The first-order valence-corrected chi connectivity index (χ1v) is 5.79. The van der Waals surface area contributed by atoms with Crippen LogP contribution in [0.15, 0.2) is 24.3 Å². The molecule has 4 nitrogen and oxygen atoms in total. The molecule has 4 heteroatoms. The molecule has 2 rings (SSSR count). The van der Waals surface area contributed by atoms with Crippen molar-refractivity contribution in [3.8, 4) is 5.75 Å². The first-order valence-electron chi connectivity index (χ1n) is 5.79. The molecule has 1 unspecified atom stereocenters. The summed E-state index contributed by atoms with van der Waals surface area (Å²) in [6, 6.07) is 5.45. The predicted octanol–water partition coefficient (Wildman–Crippen LogP) is 1.86. The van der Waals surface area contributed by atoms with Crippen LogP contribution in [-0.2, 0) is 11.2 Å². The molecular weight excluding hydrogens is 232 g/mol. The third-order valence-electron chi connectivity index (χ3n) is 3.09. The molecule has 0 saturated carbocycles. The van der Waals surface area contributed by atoms with E-state index in [2.05, 4.69) is 0 Å². The van der Waals surface area contributed by atoms with E-state index < -0.39 is 17.7 Å². The van der Waals surface area contributed by atoms with Gasteiger partial charge in [-0.05, 0) is 43.2 Å². The summed E-state index contributed by atoms with van der Waals surface area (Å²) in [5.41, 5.74) is 1.09. The average Bonchev–Trinajstić information content (AvgIpc) is 2.27. The maximum atomic E-state index is 10.4.